The van der Waals surface area contributed by atoms with Crippen LogP contribution in [-0.2, 0) is 9.57 Å². The monoisotopic (exact) mass is 294 g/mol. The van der Waals surface area contributed by atoms with Gasteiger partial charge in [0.1, 0.15) is 11.6 Å². The number of hydrogen-bond donors (Lipinski definition) is 3. The van der Waals surface area contributed by atoms with E-state index in [0.29, 0.717) is 22.9 Å². The Bertz CT molecular complexity index is 447. The molecular formula is C15H26N4O2. The highest BCUT2D eigenvalue weighted by atomic mass is 16.6. The van der Waals surface area contributed by atoms with Crippen molar-refractivity contribution in [3.63, 3.8) is 0 Å². The predicted octanol–water partition coefficient (Wildman–Crippen LogP) is 2.28. The molecule has 1 saturated heterocycles. The average molecular weight is 294 g/mol. The summed E-state index contributed by atoms with van der Waals surface area (Å²) in [5, 5.41) is 11.4. The van der Waals surface area contributed by atoms with E-state index < -0.39 is 0 Å². The van der Waals surface area contributed by atoms with Gasteiger partial charge in [0.2, 0.25) is 0 Å². The molecule has 0 aromatic heterocycles. The minimum atomic E-state index is 0.213. The number of ether oxygens (including phenoxy) is 1. The van der Waals surface area contributed by atoms with Gasteiger partial charge in [0, 0.05) is 17.7 Å². The maximum Gasteiger partial charge on any atom is 0.130 e. The molecule has 6 nitrogen and oxygen atoms in total. The summed E-state index contributed by atoms with van der Waals surface area (Å²) < 4.78 is 5.72. The normalized spacial score (nSPS) is 27.7. The SMILES string of the molecule is C=N/C(N[C@H]1C[C@@H](C)O[C@@H](C)C1)=C(/C)C(=N)/C=C(\C)ON. The molecule has 1 aliphatic heterocycles. The van der Waals surface area contributed by atoms with Gasteiger partial charge in [0.15, 0.2) is 0 Å². The number of nitrogens with one attached hydrogen (secondary N) is 2. The first-order valence-corrected chi connectivity index (χ1v) is 7.10. The Hall–Kier alpha value is -1.66. The highest BCUT2D eigenvalue weighted by molar-refractivity contribution is 6.06. The van der Waals surface area contributed by atoms with Crippen molar-refractivity contribution < 1.29 is 9.57 Å². The lowest BCUT2D eigenvalue weighted by Gasteiger charge is -2.33. The number of nitrogens with zero attached hydrogens (tertiary/aromatic N) is 1. The van der Waals surface area contributed by atoms with Gasteiger partial charge in [-0.05, 0) is 47.3 Å². The van der Waals surface area contributed by atoms with Crippen molar-refractivity contribution in [2.45, 2.75) is 58.8 Å². The Morgan fingerprint density at radius 1 is 1.38 bits per heavy atom. The molecule has 0 bridgehead atoms. The number of aliphatic imine (C=N–C) groups is 1. The molecule has 1 rings (SSSR count). The maximum atomic E-state index is 8.04. The second kappa shape index (κ2) is 7.95. The summed E-state index contributed by atoms with van der Waals surface area (Å²) in [6.07, 6.45) is 3.79. The van der Waals surface area contributed by atoms with E-state index in [1.54, 1.807) is 13.0 Å². The van der Waals surface area contributed by atoms with Crippen LogP contribution in [-0.4, -0.2) is 30.7 Å². The molecule has 1 heterocycles. The fourth-order valence-corrected chi connectivity index (χ4v) is 2.46. The van der Waals surface area contributed by atoms with Gasteiger partial charge in [-0.15, -0.1) is 0 Å². The molecule has 21 heavy (non-hydrogen) atoms. The minimum absolute atomic E-state index is 0.213. The van der Waals surface area contributed by atoms with E-state index in [9.17, 15) is 0 Å². The molecule has 6 heteroatoms. The number of rotatable bonds is 6. The van der Waals surface area contributed by atoms with Gasteiger partial charge in [0.05, 0.1) is 17.9 Å². The van der Waals surface area contributed by atoms with Gasteiger partial charge in [-0.25, -0.2) is 4.99 Å². The van der Waals surface area contributed by atoms with Gasteiger partial charge in [-0.1, -0.05) is 0 Å². The third-order valence-electron chi connectivity index (χ3n) is 3.49. The molecular weight excluding hydrogens is 268 g/mol. The Labute approximate surface area is 126 Å². The summed E-state index contributed by atoms with van der Waals surface area (Å²) in [6, 6.07) is 0.267. The van der Waals surface area contributed by atoms with Crippen molar-refractivity contribution in [2.24, 2.45) is 10.9 Å². The van der Waals surface area contributed by atoms with Crippen LogP contribution in [0.25, 0.3) is 0 Å². The average Bonchev–Trinajstić information content (AvgIpc) is 2.42. The van der Waals surface area contributed by atoms with Crippen molar-refractivity contribution in [3.8, 4) is 0 Å². The van der Waals surface area contributed by atoms with E-state index in [-0.39, 0.29) is 18.2 Å². The Morgan fingerprint density at radius 3 is 2.43 bits per heavy atom. The summed E-state index contributed by atoms with van der Waals surface area (Å²) in [4.78, 5) is 8.60. The van der Waals surface area contributed by atoms with Crippen LogP contribution >= 0.6 is 0 Å². The van der Waals surface area contributed by atoms with Crippen LogP contribution in [0, 0.1) is 5.41 Å². The van der Waals surface area contributed by atoms with Crippen LogP contribution < -0.4 is 11.2 Å². The highest BCUT2D eigenvalue weighted by Gasteiger charge is 2.25. The van der Waals surface area contributed by atoms with E-state index in [1.165, 1.54) is 0 Å². The van der Waals surface area contributed by atoms with E-state index in [4.69, 9.17) is 16.0 Å². The fourth-order valence-electron chi connectivity index (χ4n) is 2.46. The molecule has 1 aliphatic rings. The van der Waals surface area contributed by atoms with Crippen molar-refractivity contribution in [1.29, 1.82) is 5.41 Å². The van der Waals surface area contributed by atoms with E-state index in [2.05, 4.69) is 35.7 Å². The third kappa shape index (κ3) is 5.32. The zero-order chi connectivity index (χ0) is 16.0. The summed E-state index contributed by atoms with van der Waals surface area (Å²) in [5.74, 6) is 6.15. The molecule has 0 radical (unpaired) electrons. The van der Waals surface area contributed by atoms with E-state index in [0.717, 1.165) is 12.8 Å². The zero-order valence-electron chi connectivity index (χ0n) is 13.3. The van der Waals surface area contributed by atoms with Crippen LogP contribution in [0.3, 0.4) is 0 Å². The highest BCUT2D eigenvalue weighted by Crippen LogP contribution is 2.20. The molecule has 1 fully saturated rings. The molecule has 3 atom stereocenters. The summed E-state index contributed by atoms with van der Waals surface area (Å²) >= 11 is 0. The van der Waals surface area contributed by atoms with Gasteiger partial charge in [-0.2, -0.15) is 5.90 Å². The predicted molar refractivity (Wildman–Crippen MR) is 85.2 cm³/mol. The smallest absolute Gasteiger partial charge is 0.130 e. The molecule has 4 N–H and O–H groups in total. The first-order valence-electron chi connectivity index (χ1n) is 7.10. The van der Waals surface area contributed by atoms with Gasteiger partial charge in [-0.3, -0.25) is 0 Å². The minimum Gasteiger partial charge on any atom is -0.416 e. The largest absolute Gasteiger partial charge is 0.416 e. The summed E-state index contributed by atoms with van der Waals surface area (Å²) in [7, 11) is 0. The molecule has 0 aliphatic carbocycles. The van der Waals surface area contributed by atoms with E-state index in [1.807, 2.05) is 6.92 Å². The van der Waals surface area contributed by atoms with Crippen LogP contribution in [0.1, 0.15) is 40.5 Å². The second-order valence-electron chi connectivity index (χ2n) is 5.49. The van der Waals surface area contributed by atoms with Crippen molar-refractivity contribution in [3.05, 3.63) is 23.2 Å². The van der Waals surface area contributed by atoms with Gasteiger partial charge < -0.3 is 20.3 Å². The first kappa shape index (κ1) is 17.4. The quantitative estimate of drug-likeness (QED) is 0.398. The Balaban J connectivity index is 2.83. The molecule has 0 aromatic rings. The standard InChI is InChI=1S/C15H26N4O2/c1-9-6-13(7-10(2)20-9)19-15(18-5)12(4)14(16)8-11(3)21-17/h8-10,13,16,19H,5-7,17H2,1-4H3/b11-8+,15-12+,16-14?/t9-,10+,13+. The summed E-state index contributed by atoms with van der Waals surface area (Å²) in [5.41, 5.74) is 0.995. The first-order chi connectivity index (χ1) is 9.87. The second-order valence-corrected chi connectivity index (χ2v) is 5.49. The van der Waals surface area contributed by atoms with Gasteiger partial charge >= 0.3 is 0 Å². The topological polar surface area (TPSA) is 92.7 Å². The van der Waals surface area contributed by atoms with Crippen molar-refractivity contribution >= 4 is 12.4 Å². The Morgan fingerprint density at radius 2 is 1.95 bits per heavy atom. The number of allylic oxidation sites excluding steroid dienone is 3. The lowest BCUT2D eigenvalue weighted by molar-refractivity contribution is -0.0407. The van der Waals surface area contributed by atoms with Crippen LogP contribution in [0.15, 0.2) is 28.2 Å². The van der Waals surface area contributed by atoms with E-state index >= 15 is 0 Å². The number of hydrogen-bond acceptors (Lipinski definition) is 6. The number of nitrogens with two attached hydrogens (primary N) is 1. The molecule has 0 spiro atoms. The lowest BCUT2D eigenvalue weighted by atomic mass is 9.99. The molecule has 0 amide bonds. The van der Waals surface area contributed by atoms with Crippen LogP contribution in [0.2, 0.25) is 0 Å². The molecule has 0 unspecified atom stereocenters. The van der Waals surface area contributed by atoms with Crippen LogP contribution in [0.4, 0.5) is 0 Å². The lowest BCUT2D eigenvalue weighted by Crippen LogP contribution is -2.41. The third-order valence-corrected chi connectivity index (χ3v) is 3.49. The molecule has 118 valence electrons. The Kier molecular flexibility index (Phi) is 6.58. The fraction of sp³-hybridized carbons (Fsp3) is 0.600. The zero-order valence-corrected chi connectivity index (χ0v) is 13.3. The van der Waals surface area contributed by atoms with Crippen LogP contribution in [0.5, 0.6) is 0 Å². The van der Waals surface area contributed by atoms with Gasteiger partial charge in [0.25, 0.3) is 0 Å². The maximum absolute atomic E-state index is 8.04. The van der Waals surface area contributed by atoms with Crippen molar-refractivity contribution in [2.75, 3.05) is 0 Å². The molecule has 0 saturated carbocycles. The van der Waals surface area contributed by atoms with Crippen molar-refractivity contribution in [1.82, 2.24) is 5.32 Å². The summed E-state index contributed by atoms with van der Waals surface area (Å²) in [6.45, 7) is 11.2. The molecule has 0 aromatic carbocycles.